The van der Waals surface area contributed by atoms with E-state index in [9.17, 15) is 9.18 Å². The summed E-state index contributed by atoms with van der Waals surface area (Å²) in [5.41, 5.74) is 2.46. The van der Waals surface area contributed by atoms with Gasteiger partial charge >= 0.3 is 0 Å². The first-order valence-electron chi connectivity index (χ1n) is 8.44. The summed E-state index contributed by atoms with van der Waals surface area (Å²) in [6, 6.07) is 14.0. The van der Waals surface area contributed by atoms with Gasteiger partial charge in [-0.2, -0.15) is 0 Å². The first-order chi connectivity index (χ1) is 11.6. The van der Waals surface area contributed by atoms with Crippen LogP contribution in [0.5, 0.6) is 0 Å². The standard InChI is InChI=1S/C20H21FN2O/c1-22-10-17-12-23(13-18(17)11-22)20(24)15-7-5-14(6-8-15)16-3-2-4-19(21)9-16/h2-9,17-18H,10-13H2,1H3/t17-,18+. The van der Waals surface area contributed by atoms with Crippen molar-refractivity contribution in [2.45, 2.75) is 0 Å². The van der Waals surface area contributed by atoms with Crippen molar-refractivity contribution >= 4 is 5.91 Å². The third kappa shape index (κ3) is 2.82. The summed E-state index contributed by atoms with van der Waals surface area (Å²) in [7, 11) is 2.15. The molecule has 4 heteroatoms. The molecular weight excluding hydrogens is 303 g/mol. The molecule has 2 heterocycles. The van der Waals surface area contributed by atoms with Crippen molar-refractivity contribution in [3.63, 3.8) is 0 Å². The maximum absolute atomic E-state index is 13.3. The van der Waals surface area contributed by atoms with E-state index in [1.165, 1.54) is 12.1 Å². The molecule has 0 N–H and O–H groups in total. The molecule has 0 saturated carbocycles. The van der Waals surface area contributed by atoms with Crippen molar-refractivity contribution in [1.29, 1.82) is 0 Å². The van der Waals surface area contributed by atoms with E-state index in [2.05, 4.69) is 11.9 Å². The van der Waals surface area contributed by atoms with Gasteiger partial charge in [-0.3, -0.25) is 4.79 Å². The molecule has 0 radical (unpaired) electrons. The minimum Gasteiger partial charge on any atom is -0.338 e. The number of halogens is 1. The lowest BCUT2D eigenvalue weighted by Crippen LogP contribution is -2.32. The van der Waals surface area contributed by atoms with Crippen molar-refractivity contribution in [2.24, 2.45) is 11.8 Å². The molecule has 0 unspecified atom stereocenters. The highest BCUT2D eigenvalue weighted by atomic mass is 19.1. The van der Waals surface area contributed by atoms with Gasteiger partial charge in [0.1, 0.15) is 5.82 Å². The quantitative estimate of drug-likeness (QED) is 0.847. The Kier molecular flexibility index (Phi) is 3.85. The van der Waals surface area contributed by atoms with Crippen LogP contribution in [0.15, 0.2) is 48.5 Å². The van der Waals surface area contributed by atoms with Crippen molar-refractivity contribution in [3.05, 3.63) is 59.9 Å². The first kappa shape index (κ1) is 15.3. The van der Waals surface area contributed by atoms with Gasteiger partial charge in [0.05, 0.1) is 0 Å². The van der Waals surface area contributed by atoms with Gasteiger partial charge < -0.3 is 9.80 Å². The van der Waals surface area contributed by atoms with E-state index in [0.29, 0.717) is 17.4 Å². The molecule has 2 aromatic carbocycles. The summed E-state index contributed by atoms with van der Waals surface area (Å²) in [6.45, 7) is 3.90. The molecule has 2 aliphatic heterocycles. The molecule has 0 bridgehead atoms. The van der Waals surface area contributed by atoms with Crippen molar-refractivity contribution in [3.8, 4) is 11.1 Å². The fourth-order valence-electron chi connectivity index (χ4n) is 4.05. The molecule has 4 rings (SSSR count). The average molecular weight is 324 g/mol. The topological polar surface area (TPSA) is 23.6 Å². The van der Waals surface area contributed by atoms with Gasteiger partial charge in [-0.25, -0.2) is 4.39 Å². The molecule has 0 spiro atoms. The third-order valence-corrected chi connectivity index (χ3v) is 5.25. The zero-order chi connectivity index (χ0) is 16.7. The van der Waals surface area contributed by atoms with Crippen molar-refractivity contribution < 1.29 is 9.18 Å². The van der Waals surface area contributed by atoms with Crippen LogP contribution in [-0.4, -0.2) is 48.9 Å². The van der Waals surface area contributed by atoms with E-state index in [-0.39, 0.29) is 11.7 Å². The largest absolute Gasteiger partial charge is 0.338 e. The van der Waals surface area contributed by atoms with Crippen LogP contribution in [-0.2, 0) is 0 Å². The molecule has 0 aromatic heterocycles. The number of carbonyl (C=O) groups excluding carboxylic acids is 1. The fraction of sp³-hybridized carbons (Fsp3) is 0.350. The zero-order valence-corrected chi connectivity index (χ0v) is 13.8. The second kappa shape index (κ2) is 6.02. The maximum atomic E-state index is 13.3. The molecule has 2 aliphatic rings. The summed E-state index contributed by atoms with van der Waals surface area (Å²) in [5.74, 6) is 1.09. The first-order valence-corrected chi connectivity index (χ1v) is 8.44. The van der Waals surface area contributed by atoms with Crippen LogP contribution < -0.4 is 0 Å². The third-order valence-electron chi connectivity index (χ3n) is 5.25. The highest BCUT2D eigenvalue weighted by Gasteiger charge is 2.40. The molecule has 3 nitrogen and oxygen atoms in total. The second-order valence-corrected chi connectivity index (χ2v) is 7.04. The van der Waals surface area contributed by atoms with Crippen molar-refractivity contribution in [1.82, 2.24) is 9.80 Å². The SMILES string of the molecule is CN1C[C@@H]2CN(C(=O)c3ccc(-c4cccc(F)c4)cc3)C[C@@H]2C1. The summed E-state index contributed by atoms with van der Waals surface area (Å²) in [6.07, 6.45) is 0. The molecule has 2 aromatic rings. The number of hydrogen-bond acceptors (Lipinski definition) is 2. The monoisotopic (exact) mass is 324 g/mol. The van der Waals surface area contributed by atoms with Crippen LogP contribution in [0.3, 0.4) is 0 Å². The number of benzene rings is 2. The molecule has 2 atom stereocenters. The van der Waals surface area contributed by atoms with Gasteiger partial charge in [0.15, 0.2) is 0 Å². The number of rotatable bonds is 2. The lowest BCUT2D eigenvalue weighted by atomic mass is 10.0. The van der Waals surface area contributed by atoms with E-state index >= 15 is 0 Å². The normalized spacial score (nSPS) is 23.5. The molecule has 2 saturated heterocycles. The number of likely N-dealkylation sites (tertiary alicyclic amines) is 2. The fourth-order valence-corrected chi connectivity index (χ4v) is 4.05. The molecule has 24 heavy (non-hydrogen) atoms. The van der Waals surface area contributed by atoms with Gasteiger partial charge in [0.25, 0.3) is 5.91 Å². The highest BCUT2D eigenvalue weighted by molar-refractivity contribution is 5.95. The highest BCUT2D eigenvalue weighted by Crippen LogP contribution is 2.31. The van der Waals surface area contributed by atoms with E-state index in [0.717, 1.165) is 37.3 Å². The van der Waals surface area contributed by atoms with Crippen LogP contribution in [0.4, 0.5) is 4.39 Å². The predicted octanol–water partition coefficient (Wildman–Crippen LogP) is 3.13. The molecule has 2 fully saturated rings. The number of nitrogens with zero attached hydrogens (tertiary/aromatic N) is 2. The van der Waals surface area contributed by atoms with Crippen LogP contribution in [0.1, 0.15) is 10.4 Å². The summed E-state index contributed by atoms with van der Waals surface area (Å²) in [4.78, 5) is 17.1. The molecule has 124 valence electrons. The second-order valence-electron chi connectivity index (χ2n) is 7.04. The van der Waals surface area contributed by atoms with Gasteiger partial charge in [0.2, 0.25) is 0 Å². The lowest BCUT2D eigenvalue weighted by Gasteiger charge is -2.19. The van der Waals surface area contributed by atoms with Gasteiger partial charge in [0, 0.05) is 31.7 Å². The Balaban J connectivity index is 1.48. The number of fused-ring (bicyclic) bond motifs is 1. The van der Waals surface area contributed by atoms with Gasteiger partial charge in [-0.15, -0.1) is 0 Å². The number of hydrogen-bond donors (Lipinski definition) is 0. The van der Waals surface area contributed by atoms with E-state index < -0.39 is 0 Å². The van der Waals surface area contributed by atoms with Crippen LogP contribution in [0.2, 0.25) is 0 Å². The zero-order valence-electron chi connectivity index (χ0n) is 13.8. The number of carbonyl (C=O) groups is 1. The Hall–Kier alpha value is -2.20. The molecule has 1 amide bonds. The summed E-state index contributed by atoms with van der Waals surface area (Å²) in [5, 5.41) is 0. The summed E-state index contributed by atoms with van der Waals surface area (Å²) < 4.78 is 13.3. The minimum atomic E-state index is -0.249. The van der Waals surface area contributed by atoms with Crippen LogP contribution in [0, 0.1) is 17.7 Å². The minimum absolute atomic E-state index is 0.109. The lowest BCUT2D eigenvalue weighted by molar-refractivity contribution is 0.0776. The smallest absolute Gasteiger partial charge is 0.253 e. The Morgan fingerprint density at radius 1 is 0.958 bits per heavy atom. The number of amides is 1. The van der Waals surface area contributed by atoms with Crippen LogP contribution in [0.25, 0.3) is 11.1 Å². The van der Waals surface area contributed by atoms with Crippen LogP contribution >= 0.6 is 0 Å². The van der Waals surface area contributed by atoms with E-state index in [1.54, 1.807) is 6.07 Å². The Labute approximate surface area is 141 Å². The maximum Gasteiger partial charge on any atom is 0.253 e. The Morgan fingerprint density at radius 2 is 1.62 bits per heavy atom. The Bertz CT molecular complexity index is 744. The van der Waals surface area contributed by atoms with Gasteiger partial charge in [-0.1, -0.05) is 24.3 Å². The van der Waals surface area contributed by atoms with Crippen molar-refractivity contribution in [2.75, 3.05) is 33.2 Å². The van der Waals surface area contributed by atoms with E-state index in [4.69, 9.17) is 0 Å². The average Bonchev–Trinajstić information content (AvgIpc) is 3.11. The molecule has 0 aliphatic carbocycles. The van der Waals surface area contributed by atoms with Gasteiger partial charge in [-0.05, 0) is 54.3 Å². The predicted molar refractivity (Wildman–Crippen MR) is 92.2 cm³/mol. The Morgan fingerprint density at radius 3 is 2.25 bits per heavy atom. The summed E-state index contributed by atoms with van der Waals surface area (Å²) >= 11 is 0. The molecular formula is C20H21FN2O. The van der Waals surface area contributed by atoms with E-state index in [1.807, 2.05) is 35.2 Å².